The fraction of sp³-hybridized carbons (Fsp3) is 1.00. The van der Waals surface area contributed by atoms with Gasteiger partial charge in [0.15, 0.2) is 0 Å². The monoisotopic (exact) mass is 268 g/mol. The quantitative estimate of drug-likeness (QED) is 0.681. The zero-order valence-corrected chi connectivity index (χ0v) is 9.70. The van der Waals surface area contributed by atoms with E-state index in [1.807, 2.05) is 0 Å². The van der Waals surface area contributed by atoms with E-state index in [2.05, 4.69) is 45.7 Å². The number of hydrogen-bond acceptors (Lipinski definition) is 0. The molecule has 0 bridgehead atoms. The number of alkyl halides is 2. The van der Waals surface area contributed by atoms with Gasteiger partial charge in [0.05, 0.1) is 3.23 Å². The van der Waals surface area contributed by atoms with Crippen molar-refractivity contribution in [3.05, 3.63) is 0 Å². The van der Waals surface area contributed by atoms with Crippen molar-refractivity contribution in [2.75, 3.05) is 0 Å². The van der Waals surface area contributed by atoms with E-state index in [0.717, 1.165) is 11.8 Å². The Kier molecular flexibility index (Phi) is 2.84. The number of halogens is 2. The average Bonchev–Trinajstić information content (AvgIpc) is 2.31. The molecule has 2 heteroatoms. The lowest BCUT2D eigenvalue weighted by Gasteiger charge is -1.96. The van der Waals surface area contributed by atoms with E-state index in [4.69, 9.17) is 0 Å². The van der Waals surface area contributed by atoms with Crippen LogP contribution in [0.3, 0.4) is 0 Å². The van der Waals surface area contributed by atoms with Crippen LogP contribution in [0.25, 0.3) is 0 Å². The van der Waals surface area contributed by atoms with Crippen LogP contribution in [0, 0.1) is 11.8 Å². The van der Waals surface area contributed by atoms with Crippen molar-refractivity contribution >= 4 is 31.9 Å². The van der Waals surface area contributed by atoms with E-state index in [0.29, 0.717) is 3.23 Å². The van der Waals surface area contributed by atoms with Gasteiger partial charge in [-0.1, -0.05) is 58.5 Å². The van der Waals surface area contributed by atoms with Crippen LogP contribution in [0.15, 0.2) is 0 Å². The lowest BCUT2D eigenvalue weighted by atomic mass is 10.2. The zero-order chi connectivity index (χ0) is 7.78. The van der Waals surface area contributed by atoms with E-state index in [9.17, 15) is 0 Å². The lowest BCUT2D eigenvalue weighted by Crippen LogP contribution is -1.87. The normalized spacial score (nSPS) is 36.0. The van der Waals surface area contributed by atoms with Gasteiger partial charge in [-0.15, -0.1) is 0 Å². The van der Waals surface area contributed by atoms with Gasteiger partial charge in [-0.25, -0.2) is 0 Å². The minimum absolute atomic E-state index is 0.301. The highest BCUT2D eigenvalue weighted by Crippen LogP contribution is 2.63. The molecule has 1 rings (SSSR count). The predicted octanol–water partition coefficient (Wildman–Crippen LogP) is 3.93. The summed E-state index contributed by atoms with van der Waals surface area (Å²) in [4.78, 5) is 0. The molecule has 0 saturated heterocycles. The average molecular weight is 270 g/mol. The van der Waals surface area contributed by atoms with E-state index in [-0.39, 0.29) is 0 Å². The molecule has 0 amide bonds. The third-order valence-electron chi connectivity index (χ3n) is 2.46. The van der Waals surface area contributed by atoms with Gasteiger partial charge in [0.25, 0.3) is 0 Å². The third-order valence-corrected chi connectivity index (χ3v) is 5.09. The fourth-order valence-corrected chi connectivity index (χ4v) is 3.05. The summed E-state index contributed by atoms with van der Waals surface area (Å²) in [6.45, 7) is 4.54. The van der Waals surface area contributed by atoms with Crippen molar-refractivity contribution in [1.82, 2.24) is 0 Å². The molecule has 0 heterocycles. The summed E-state index contributed by atoms with van der Waals surface area (Å²) >= 11 is 7.33. The first kappa shape index (κ1) is 9.05. The number of rotatable bonds is 3. The molecule has 60 valence electrons. The topological polar surface area (TPSA) is 0 Å². The highest BCUT2D eigenvalue weighted by molar-refractivity contribution is 9.25. The number of unbranched alkanes of at least 4 members (excludes halogenated alkanes) is 1. The smallest absolute Gasteiger partial charge is 0.0721 e. The van der Waals surface area contributed by atoms with Crippen molar-refractivity contribution in [3.63, 3.8) is 0 Å². The zero-order valence-electron chi connectivity index (χ0n) is 6.53. The Bertz CT molecular complexity index is 120. The Hall–Kier alpha value is 0.960. The summed E-state index contributed by atoms with van der Waals surface area (Å²) in [7, 11) is 0. The minimum atomic E-state index is 0.301. The van der Waals surface area contributed by atoms with Crippen molar-refractivity contribution in [3.8, 4) is 0 Å². The van der Waals surface area contributed by atoms with Gasteiger partial charge >= 0.3 is 0 Å². The Balaban J connectivity index is 2.22. The molecule has 0 unspecified atom stereocenters. The van der Waals surface area contributed by atoms with Crippen LogP contribution < -0.4 is 0 Å². The van der Waals surface area contributed by atoms with Crippen LogP contribution in [-0.2, 0) is 0 Å². The van der Waals surface area contributed by atoms with Gasteiger partial charge < -0.3 is 0 Å². The van der Waals surface area contributed by atoms with Crippen LogP contribution in [0.1, 0.15) is 33.1 Å². The molecule has 1 aliphatic carbocycles. The van der Waals surface area contributed by atoms with Crippen molar-refractivity contribution in [2.45, 2.75) is 36.3 Å². The SMILES string of the molecule is CCCC[C@H]1[C@H](C)C1(Br)Br. The Labute approximate surface area is 80.0 Å². The van der Waals surface area contributed by atoms with E-state index >= 15 is 0 Å². The maximum atomic E-state index is 3.66. The van der Waals surface area contributed by atoms with Crippen LogP contribution in [0.2, 0.25) is 0 Å². The van der Waals surface area contributed by atoms with E-state index < -0.39 is 0 Å². The summed E-state index contributed by atoms with van der Waals surface area (Å²) in [6.07, 6.45) is 4.06. The van der Waals surface area contributed by atoms with Crippen molar-refractivity contribution in [2.24, 2.45) is 11.8 Å². The first-order valence-electron chi connectivity index (χ1n) is 3.98. The second kappa shape index (κ2) is 3.14. The van der Waals surface area contributed by atoms with E-state index in [1.54, 1.807) is 0 Å². The molecule has 0 radical (unpaired) electrons. The third kappa shape index (κ3) is 1.58. The highest BCUT2D eigenvalue weighted by Gasteiger charge is 2.57. The van der Waals surface area contributed by atoms with Gasteiger partial charge in [-0.3, -0.25) is 0 Å². The molecular weight excluding hydrogens is 256 g/mol. The largest absolute Gasteiger partial charge is 0.0865 e. The molecule has 10 heavy (non-hydrogen) atoms. The minimum Gasteiger partial charge on any atom is -0.0721 e. The van der Waals surface area contributed by atoms with Crippen LogP contribution in [-0.4, -0.2) is 3.23 Å². The van der Waals surface area contributed by atoms with Crippen LogP contribution >= 0.6 is 31.9 Å². The van der Waals surface area contributed by atoms with E-state index in [1.165, 1.54) is 19.3 Å². The summed E-state index contributed by atoms with van der Waals surface area (Å²) in [6, 6.07) is 0. The summed E-state index contributed by atoms with van der Waals surface area (Å²) < 4.78 is 0.301. The van der Waals surface area contributed by atoms with Gasteiger partial charge in [0.1, 0.15) is 0 Å². The van der Waals surface area contributed by atoms with Gasteiger partial charge in [-0.05, 0) is 18.3 Å². The van der Waals surface area contributed by atoms with Crippen molar-refractivity contribution in [1.29, 1.82) is 0 Å². The fourth-order valence-electron chi connectivity index (χ4n) is 1.43. The molecule has 0 N–H and O–H groups in total. The molecule has 1 fully saturated rings. The molecule has 1 saturated carbocycles. The molecule has 0 spiro atoms. The Morgan fingerprint density at radius 1 is 1.40 bits per heavy atom. The molecule has 0 aromatic carbocycles. The second-order valence-electron chi connectivity index (χ2n) is 3.21. The van der Waals surface area contributed by atoms with Crippen LogP contribution in [0.5, 0.6) is 0 Å². The van der Waals surface area contributed by atoms with Gasteiger partial charge in [0.2, 0.25) is 0 Å². The van der Waals surface area contributed by atoms with Crippen LogP contribution in [0.4, 0.5) is 0 Å². The lowest BCUT2D eigenvalue weighted by molar-refractivity contribution is 0.620. The number of hydrogen-bond donors (Lipinski definition) is 0. The van der Waals surface area contributed by atoms with Crippen molar-refractivity contribution < 1.29 is 0 Å². The summed E-state index contributed by atoms with van der Waals surface area (Å²) in [5.74, 6) is 1.69. The summed E-state index contributed by atoms with van der Waals surface area (Å²) in [5.41, 5.74) is 0. The highest BCUT2D eigenvalue weighted by atomic mass is 79.9. The first-order valence-corrected chi connectivity index (χ1v) is 5.57. The first-order chi connectivity index (χ1) is 4.60. The molecule has 0 aromatic rings. The maximum Gasteiger partial charge on any atom is 0.0865 e. The molecule has 0 nitrogen and oxygen atoms in total. The maximum absolute atomic E-state index is 3.66. The molecule has 0 aliphatic heterocycles. The molecule has 0 aromatic heterocycles. The Morgan fingerprint density at radius 2 is 1.90 bits per heavy atom. The molecular formula is C8H14Br2. The van der Waals surface area contributed by atoms with Gasteiger partial charge in [0, 0.05) is 0 Å². The second-order valence-corrected chi connectivity index (χ2v) is 6.90. The molecule has 1 aliphatic rings. The predicted molar refractivity (Wildman–Crippen MR) is 52.8 cm³/mol. The summed E-state index contributed by atoms with van der Waals surface area (Å²) in [5, 5.41) is 0. The molecule has 2 atom stereocenters. The Morgan fingerprint density at radius 3 is 2.20 bits per heavy atom. The van der Waals surface area contributed by atoms with Gasteiger partial charge in [-0.2, -0.15) is 0 Å². The standard InChI is InChI=1S/C8H14Br2/c1-3-4-5-7-6(2)8(7,9)10/h6-7H,3-5H2,1-2H3/t6-,7-/m0/s1.